The van der Waals surface area contributed by atoms with E-state index in [0.717, 1.165) is 28.0 Å². The zero-order valence-corrected chi connectivity index (χ0v) is 22.5. The highest BCUT2D eigenvalue weighted by molar-refractivity contribution is 5.47. The van der Waals surface area contributed by atoms with Crippen molar-refractivity contribution in [2.45, 2.75) is 58.0 Å². The van der Waals surface area contributed by atoms with Gasteiger partial charge in [-0.25, -0.2) is 0 Å². The number of ether oxygens (including phenoxy) is 3. The van der Waals surface area contributed by atoms with Gasteiger partial charge in [-0.05, 0) is 47.7 Å². The van der Waals surface area contributed by atoms with Gasteiger partial charge in [0.15, 0.2) is 5.75 Å². The lowest BCUT2D eigenvalue weighted by atomic mass is 9.96. The fourth-order valence-corrected chi connectivity index (χ4v) is 5.53. The van der Waals surface area contributed by atoms with Crippen molar-refractivity contribution in [1.82, 2.24) is 5.06 Å². The number of hydrogen-bond donors (Lipinski definition) is 0. The molecule has 1 saturated heterocycles. The van der Waals surface area contributed by atoms with E-state index in [1.165, 1.54) is 11.1 Å². The van der Waals surface area contributed by atoms with Gasteiger partial charge in [0.25, 0.3) is 0 Å². The largest absolute Gasteiger partial charge is 0.404 e. The second-order valence-electron chi connectivity index (χ2n) is 10.5. The predicted octanol–water partition coefficient (Wildman–Crippen LogP) is 6.72. The van der Waals surface area contributed by atoms with E-state index in [0.29, 0.717) is 26.4 Å². The zero-order valence-electron chi connectivity index (χ0n) is 22.5. The zero-order chi connectivity index (χ0) is 26.6. The molecule has 4 aromatic carbocycles. The molecule has 5 nitrogen and oxygen atoms in total. The molecule has 0 unspecified atom stereocenters. The molecule has 2 aliphatic rings. The van der Waals surface area contributed by atoms with E-state index >= 15 is 0 Å². The summed E-state index contributed by atoms with van der Waals surface area (Å²) in [4.78, 5) is 6.54. The lowest BCUT2D eigenvalue weighted by molar-refractivity contribution is -0.125. The summed E-state index contributed by atoms with van der Waals surface area (Å²) in [5.41, 5.74) is 7.01. The molecule has 0 bridgehead atoms. The molecular weight excluding hydrogens is 486 g/mol. The lowest BCUT2D eigenvalue weighted by Gasteiger charge is -2.27. The van der Waals surface area contributed by atoms with Crippen molar-refractivity contribution in [3.63, 3.8) is 0 Å². The SMILES string of the molecule is Cc1cc2c(cc1C)[C@H]1[C@H](OCc3ccccc3)[C@@H](OCc3ccccc3)[C@H](COCc3ccccc3)N1O2. The Morgan fingerprint density at radius 2 is 1.15 bits per heavy atom. The van der Waals surface area contributed by atoms with Crippen LogP contribution in [0.3, 0.4) is 0 Å². The molecule has 39 heavy (non-hydrogen) atoms. The molecule has 0 radical (unpaired) electrons. The molecule has 0 saturated carbocycles. The topological polar surface area (TPSA) is 40.2 Å². The van der Waals surface area contributed by atoms with Crippen molar-refractivity contribution < 1.29 is 19.0 Å². The first-order valence-electron chi connectivity index (χ1n) is 13.7. The van der Waals surface area contributed by atoms with Crippen molar-refractivity contribution in [3.05, 3.63) is 137 Å². The number of benzene rings is 4. The maximum Gasteiger partial charge on any atom is 0.152 e. The highest BCUT2D eigenvalue weighted by atomic mass is 16.7. The Bertz CT molecular complexity index is 1360. The predicted molar refractivity (Wildman–Crippen MR) is 151 cm³/mol. The molecule has 0 aliphatic carbocycles. The maximum atomic E-state index is 6.72. The van der Waals surface area contributed by atoms with Crippen LogP contribution in [0, 0.1) is 13.8 Å². The van der Waals surface area contributed by atoms with Gasteiger partial charge in [0, 0.05) is 5.56 Å². The fraction of sp³-hybridized carbons (Fsp3) is 0.294. The van der Waals surface area contributed by atoms with Crippen LogP contribution in [0.2, 0.25) is 0 Å². The third-order valence-corrected chi connectivity index (χ3v) is 7.73. The smallest absolute Gasteiger partial charge is 0.152 e. The summed E-state index contributed by atoms with van der Waals surface area (Å²) in [6.07, 6.45) is -0.480. The summed E-state index contributed by atoms with van der Waals surface area (Å²) in [5.74, 6) is 0.894. The average Bonchev–Trinajstić information content (AvgIpc) is 3.46. The summed E-state index contributed by atoms with van der Waals surface area (Å²) < 4.78 is 19.7. The average molecular weight is 522 g/mol. The number of nitrogens with zero attached hydrogens (tertiary/aromatic N) is 1. The van der Waals surface area contributed by atoms with Gasteiger partial charge in [0.2, 0.25) is 0 Å². The van der Waals surface area contributed by atoms with Crippen LogP contribution in [-0.2, 0) is 34.0 Å². The Labute approximate surface area is 230 Å². The van der Waals surface area contributed by atoms with Crippen molar-refractivity contribution in [1.29, 1.82) is 0 Å². The second-order valence-corrected chi connectivity index (χ2v) is 10.5. The molecule has 5 heteroatoms. The van der Waals surface area contributed by atoms with E-state index in [4.69, 9.17) is 19.0 Å². The number of hydrogen-bond acceptors (Lipinski definition) is 5. The van der Waals surface area contributed by atoms with Crippen LogP contribution in [0.1, 0.15) is 39.4 Å². The first-order valence-corrected chi connectivity index (χ1v) is 13.7. The Kier molecular flexibility index (Phi) is 7.75. The minimum Gasteiger partial charge on any atom is -0.404 e. The van der Waals surface area contributed by atoms with E-state index in [2.05, 4.69) is 67.4 Å². The van der Waals surface area contributed by atoms with Crippen LogP contribution in [0.25, 0.3) is 0 Å². The van der Waals surface area contributed by atoms with Gasteiger partial charge in [0.05, 0.1) is 32.5 Å². The Morgan fingerprint density at radius 3 is 1.74 bits per heavy atom. The highest BCUT2D eigenvalue weighted by Gasteiger charge is 2.56. The van der Waals surface area contributed by atoms with E-state index in [-0.39, 0.29) is 24.3 Å². The van der Waals surface area contributed by atoms with Crippen LogP contribution in [0.4, 0.5) is 0 Å². The summed E-state index contributed by atoms with van der Waals surface area (Å²) in [5, 5.41) is 2.07. The maximum absolute atomic E-state index is 6.72. The monoisotopic (exact) mass is 521 g/mol. The molecule has 2 aliphatic heterocycles. The molecule has 0 amide bonds. The molecule has 2 heterocycles. The normalized spacial score (nSPS) is 21.9. The van der Waals surface area contributed by atoms with Gasteiger partial charge in [-0.1, -0.05) is 97.1 Å². The molecule has 1 fully saturated rings. The molecule has 0 N–H and O–H groups in total. The van der Waals surface area contributed by atoms with Crippen LogP contribution in [-0.4, -0.2) is 29.9 Å². The number of fused-ring (bicyclic) bond motifs is 3. The van der Waals surface area contributed by atoms with Gasteiger partial charge >= 0.3 is 0 Å². The molecule has 0 aromatic heterocycles. The van der Waals surface area contributed by atoms with E-state index in [1.54, 1.807) is 0 Å². The van der Waals surface area contributed by atoms with E-state index < -0.39 is 0 Å². The standard InChI is InChI=1S/C34H35NO4/c1-24-18-29-31(19-25(24)2)39-35-30(23-36-20-26-12-6-3-7-13-26)33(37-21-27-14-8-4-9-15-27)34(32(29)35)38-22-28-16-10-5-11-17-28/h3-19,30,32-34H,20-23H2,1-2H3/t30-,32-,33-,34-/m0/s1. The third kappa shape index (κ3) is 5.63. The van der Waals surface area contributed by atoms with Gasteiger partial charge in [-0.15, -0.1) is 5.06 Å². The van der Waals surface area contributed by atoms with E-state index in [1.807, 2.05) is 54.6 Å². The molecular formula is C34H35NO4. The van der Waals surface area contributed by atoms with Crippen molar-refractivity contribution >= 4 is 0 Å². The Hall–Kier alpha value is -3.48. The van der Waals surface area contributed by atoms with Crippen LogP contribution in [0.5, 0.6) is 5.75 Å². The van der Waals surface area contributed by atoms with Crippen molar-refractivity contribution in [3.8, 4) is 5.75 Å². The van der Waals surface area contributed by atoms with Crippen molar-refractivity contribution in [2.24, 2.45) is 0 Å². The van der Waals surface area contributed by atoms with Crippen molar-refractivity contribution in [2.75, 3.05) is 6.61 Å². The van der Waals surface area contributed by atoms with Crippen LogP contribution < -0.4 is 4.84 Å². The van der Waals surface area contributed by atoms with Gasteiger partial charge < -0.3 is 19.0 Å². The summed E-state index contributed by atoms with van der Waals surface area (Å²) >= 11 is 0. The molecule has 6 rings (SSSR count). The minimum absolute atomic E-state index is 0.0888. The lowest BCUT2D eigenvalue weighted by Crippen LogP contribution is -2.42. The van der Waals surface area contributed by atoms with Gasteiger partial charge in [-0.3, -0.25) is 0 Å². The Morgan fingerprint density at radius 1 is 0.641 bits per heavy atom. The summed E-state index contributed by atoms with van der Waals surface area (Å²) in [6.45, 7) is 6.25. The van der Waals surface area contributed by atoms with Gasteiger partial charge in [0.1, 0.15) is 18.2 Å². The number of hydroxylamine groups is 2. The van der Waals surface area contributed by atoms with Crippen LogP contribution in [0.15, 0.2) is 103 Å². The molecule has 4 aromatic rings. The number of rotatable bonds is 10. The summed E-state index contributed by atoms with van der Waals surface area (Å²) in [6, 6.07) is 35.0. The first-order chi connectivity index (χ1) is 19.2. The third-order valence-electron chi connectivity index (χ3n) is 7.73. The molecule has 0 spiro atoms. The quantitative estimate of drug-likeness (QED) is 0.232. The first kappa shape index (κ1) is 25.8. The van der Waals surface area contributed by atoms with Gasteiger partial charge in [-0.2, -0.15) is 0 Å². The highest BCUT2D eigenvalue weighted by Crippen LogP contribution is 2.49. The summed E-state index contributed by atoms with van der Waals surface area (Å²) in [7, 11) is 0. The fourth-order valence-electron chi connectivity index (χ4n) is 5.53. The second kappa shape index (κ2) is 11.7. The Balaban J connectivity index is 1.30. The number of aryl methyl sites for hydroxylation is 2. The van der Waals surface area contributed by atoms with Crippen LogP contribution >= 0.6 is 0 Å². The van der Waals surface area contributed by atoms with E-state index in [9.17, 15) is 0 Å². The minimum atomic E-state index is -0.246. The molecule has 4 atom stereocenters. The molecule has 200 valence electrons.